The van der Waals surface area contributed by atoms with E-state index in [2.05, 4.69) is 19.5 Å². The summed E-state index contributed by atoms with van der Waals surface area (Å²) in [6.07, 6.45) is -4.74. The lowest BCUT2D eigenvalue weighted by molar-refractivity contribution is -0.332. The molecule has 24 heavy (non-hydrogen) atoms. The molecule has 3 rings (SSSR count). The van der Waals surface area contributed by atoms with Crippen molar-refractivity contribution in [3.63, 3.8) is 0 Å². The molecule has 0 radical (unpaired) electrons. The van der Waals surface area contributed by atoms with Crippen LogP contribution in [0.4, 0.5) is 5.95 Å². The van der Waals surface area contributed by atoms with Crippen molar-refractivity contribution in [1.82, 2.24) is 14.5 Å². The largest absolute Gasteiger partial charge is 0.387 e. The number of nitrogens with zero attached hydrogens (tertiary/aromatic N) is 2. The van der Waals surface area contributed by atoms with Crippen LogP contribution < -0.4 is 11.3 Å². The maximum atomic E-state index is 11.8. The summed E-state index contributed by atoms with van der Waals surface area (Å²) in [6.45, 7) is 0. The van der Waals surface area contributed by atoms with Gasteiger partial charge in [0, 0.05) is 6.20 Å². The Kier molecular flexibility index (Phi) is 4.80. The van der Waals surface area contributed by atoms with E-state index in [9.17, 15) is 15.0 Å². The standard InChI is InChI=1S/C11H15N4O8P/c12-11-13-7-4(8(19)14-11)1-2-15(7)9-5(17)6(18)10(21-9)22-23-24(20)3-16/h1-2,5-6,9-10,16-18,20H,3H2,(H3,12,13,14,19)/t5-,6?,9+,10+,24?/m0/s1. The Labute approximate surface area is 134 Å². The number of anilines is 1. The van der Waals surface area contributed by atoms with E-state index < -0.39 is 45.0 Å². The Bertz CT molecular complexity index is 781. The SMILES string of the molecule is Nc1nc2c(ccn2[C@@H]2O[C@H](OOP(O)CO)C(O)[C@@H]2O)c(=O)[nH]1. The smallest absolute Gasteiger partial charge is 0.261 e. The number of aliphatic hydroxyl groups is 3. The van der Waals surface area contributed by atoms with Crippen molar-refractivity contribution in [2.75, 3.05) is 12.1 Å². The molecule has 2 aromatic heterocycles. The van der Waals surface area contributed by atoms with E-state index in [0.717, 1.165) is 0 Å². The molecule has 132 valence electrons. The first kappa shape index (κ1) is 17.2. The lowest BCUT2D eigenvalue weighted by Crippen LogP contribution is -2.32. The van der Waals surface area contributed by atoms with Crippen LogP contribution >= 0.6 is 8.38 Å². The molecule has 0 saturated carbocycles. The van der Waals surface area contributed by atoms with Gasteiger partial charge in [0.15, 0.2) is 11.9 Å². The molecule has 13 heteroatoms. The first-order valence-electron chi connectivity index (χ1n) is 6.71. The molecule has 0 bridgehead atoms. The van der Waals surface area contributed by atoms with Crippen LogP contribution in [0.3, 0.4) is 0 Å². The summed E-state index contributed by atoms with van der Waals surface area (Å²) in [7, 11) is -2.24. The van der Waals surface area contributed by atoms with Crippen molar-refractivity contribution in [3.05, 3.63) is 22.6 Å². The van der Waals surface area contributed by atoms with E-state index in [4.69, 9.17) is 20.5 Å². The van der Waals surface area contributed by atoms with Crippen molar-refractivity contribution in [2.24, 2.45) is 0 Å². The molecule has 0 aliphatic carbocycles. The third kappa shape index (κ3) is 3.01. The monoisotopic (exact) mass is 362 g/mol. The predicted molar refractivity (Wildman–Crippen MR) is 79.1 cm³/mol. The Hall–Kier alpha value is -1.63. The van der Waals surface area contributed by atoms with Crippen molar-refractivity contribution >= 4 is 25.4 Å². The Balaban J connectivity index is 1.86. The lowest BCUT2D eigenvalue weighted by atomic mass is 10.2. The van der Waals surface area contributed by atoms with Gasteiger partial charge in [0.2, 0.25) is 20.6 Å². The number of nitrogens with one attached hydrogen (secondary N) is 1. The zero-order valence-electron chi connectivity index (χ0n) is 12.0. The van der Waals surface area contributed by atoms with Gasteiger partial charge in [-0.25, -0.2) is 0 Å². The number of hydrogen-bond acceptors (Lipinski definition) is 10. The first-order valence-corrected chi connectivity index (χ1v) is 8.10. The van der Waals surface area contributed by atoms with Crippen molar-refractivity contribution in [1.29, 1.82) is 0 Å². The average Bonchev–Trinajstić information content (AvgIpc) is 3.08. The van der Waals surface area contributed by atoms with Gasteiger partial charge in [0.1, 0.15) is 18.6 Å². The number of nitrogen functional groups attached to an aromatic ring is 1. The fourth-order valence-corrected chi connectivity index (χ4v) is 2.55. The molecule has 2 aromatic rings. The van der Waals surface area contributed by atoms with Crippen LogP contribution in [0.25, 0.3) is 11.0 Å². The molecular weight excluding hydrogens is 347 g/mol. The van der Waals surface area contributed by atoms with Crippen LogP contribution in [0.5, 0.6) is 0 Å². The van der Waals surface area contributed by atoms with Gasteiger partial charge < -0.3 is 35.3 Å². The minimum Gasteiger partial charge on any atom is -0.387 e. The number of rotatable bonds is 5. The minimum atomic E-state index is -2.24. The predicted octanol–water partition coefficient (Wildman–Crippen LogP) is -1.91. The zero-order valence-corrected chi connectivity index (χ0v) is 12.9. The molecule has 1 aliphatic heterocycles. The highest BCUT2D eigenvalue weighted by Gasteiger charge is 2.46. The third-order valence-electron chi connectivity index (χ3n) is 3.41. The Morgan fingerprint density at radius 2 is 2.21 bits per heavy atom. The summed E-state index contributed by atoms with van der Waals surface area (Å²) in [5, 5.41) is 29.0. The average molecular weight is 362 g/mol. The molecule has 0 amide bonds. The van der Waals surface area contributed by atoms with Gasteiger partial charge in [-0.2, -0.15) is 14.5 Å². The van der Waals surface area contributed by atoms with E-state index >= 15 is 0 Å². The summed E-state index contributed by atoms with van der Waals surface area (Å²) in [5.41, 5.74) is 5.19. The number of aromatic nitrogens is 3. The van der Waals surface area contributed by atoms with E-state index in [1.807, 2.05) is 0 Å². The molecule has 2 unspecified atom stereocenters. The van der Waals surface area contributed by atoms with Gasteiger partial charge in [0.05, 0.1) is 5.39 Å². The van der Waals surface area contributed by atoms with Crippen molar-refractivity contribution < 1.29 is 34.5 Å². The van der Waals surface area contributed by atoms with Crippen molar-refractivity contribution in [2.45, 2.75) is 24.7 Å². The number of aliphatic hydroxyl groups excluding tert-OH is 3. The second-order valence-corrected chi connectivity index (χ2v) is 6.09. The normalized spacial score (nSPS) is 28.5. The lowest BCUT2D eigenvalue weighted by Gasteiger charge is -2.17. The highest BCUT2D eigenvalue weighted by Crippen LogP contribution is 2.36. The van der Waals surface area contributed by atoms with Gasteiger partial charge in [-0.3, -0.25) is 9.78 Å². The van der Waals surface area contributed by atoms with E-state index in [1.165, 1.54) is 16.8 Å². The van der Waals surface area contributed by atoms with Crippen LogP contribution in [0, 0.1) is 0 Å². The number of aromatic amines is 1. The highest BCUT2D eigenvalue weighted by atomic mass is 31.2. The third-order valence-corrected chi connectivity index (χ3v) is 3.91. The molecule has 5 atom stereocenters. The molecule has 1 fully saturated rings. The molecule has 0 aromatic carbocycles. The van der Waals surface area contributed by atoms with E-state index in [-0.39, 0.29) is 17.0 Å². The number of hydrogen-bond donors (Lipinski definition) is 6. The summed E-state index contributed by atoms with van der Waals surface area (Å²) < 4.78 is 11.1. The van der Waals surface area contributed by atoms with Crippen LogP contribution in [-0.4, -0.2) is 59.6 Å². The molecule has 12 nitrogen and oxygen atoms in total. The number of fused-ring (bicyclic) bond motifs is 1. The molecule has 0 spiro atoms. The van der Waals surface area contributed by atoms with E-state index in [1.54, 1.807) is 0 Å². The number of H-pyrrole nitrogens is 1. The van der Waals surface area contributed by atoms with Crippen LogP contribution in [0.1, 0.15) is 6.23 Å². The molecule has 1 aliphatic rings. The first-order chi connectivity index (χ1) is 11.4. The fourth-order valence-electron chi connectivity index (χ4n) is 2.32. The molecule has 1 saturated heterocycles. The van der Waals surface area contributed by atoms with Gasteiger partial charge in [-0.05, 0) is 6.07 Å². The summed E-state index contributed by atoms with van der Waals surface area (Å²) in [5.74, 6) is -0.120. The van der Waals surface area contributed by atoms with Gasteiger partial charge in [0.25, 0.3) is 5.56 Å². The zero-order chi connectivity index (χ0) is 17.4. The maximum Gasteiger partial charge on any atom is 0.261 e. The minimum absolute atomic E-state index is 0.120. The Morgan fingerprint density at radius 3 is 2.92 bits per heavy atom. The number of nitrogens with two attached hydrogens (primary N) is 1. The van der Waals surface area contributed by atoms with Gasteiger partial charge >= 0.3 is 0 Å². The maximum absolute atomic E-state index is 11.8. The van der Waals surface area contributed by atoms with Gasteiger partial charge in [-0.15, -0.1) is 0 Å². The molecule has 3 heterocycles. The number of ether oxygens (including phenoxy) is 1. The van der Waals surface area contributed by atoms with E-state index in [0.29, 0.717) is 0 Å². The van der Waals surface area contributed by atoms with Crippen LogP contribution in [0.2, 0.25) is 0 Å². The quantitative estimate of drug-likeness (QED) is 0.199. The molecule has 7 N–H and O–H groups in total. The second kappa shape index (κ2) is 6.70. The second-order valence-electron chi connectivity index (χ2n) is 4.95. The molecular formula is C11H15N4O8P. The van der Waals surface area contributed by atoms with Crippen LogP contribution in [0.15, 0.2) is 17.1 Å². The topological polar surface area (TPSA) is 185 Å². The summed E-state index contributed by atoms with van der Waals surface area (Å²) in [6, 6.07) is 1.45. The van der Waals surface area contributed by atoms with Gasteiger partial charge in [-0.1, -0.05) is 0 Å². The summed E-state index contributed by atoms with van der Waals surface area (Å²) >= 11 is 0. The summed E-state index contributed by atoms with van der Waals surface area (Å²) in [4.78, 5) is 31.9. The highest BCUT2D eigenvalue weighted by molar-refractivity contribution is 7.45. The fraction of sp³-hybridized carbons (Fsp3) is 0.455. The van der Waals surface area contributed by atoms with Crippen molar-refractivity contribution in [3.8, 4) is 0 Å². The Morgan fingerprint density at radius 1 is 1.46 bits per heavy atom. The van der Waals surface area contributed by atoms with Crippen LogP contribution in [-0.2, 0) is 14.3 Å².